The second-order valence-electron chi connectivity index (χ2n) is 2.43. The second kappa shape index (κ2) is 3.14. The van der Waals surface area contributed by atoms with Gasteiger partial charge in [-0.15, -0.1) is 0 Å². The Balaban J connectivity index is 2.53. The van der Waals surface area contributed by atoms with Crippen LogP contribution in [0.1, 0.15) is 5.69 Å². The first-order valence-electron chi connectivity index (χ1n) is 3.29. The minimum Gasteiger partial charge on any atom is -0.348 e. The highest BCUT2D eigenvalue weighted by Gasteiger charge is 2.36. The quantitative estimate of drug-likeness (QED) is 0.706. The lowest BCUT2D eigenvalue weighted by Crippen LogP contribution is -2.39. The fourth-order valence-corrected chi connectivity index (χ4v) is 0.749. The summed E-state index contributed by atoms with van der Waals surface area (Å²) >= 11 is 0. The normalized spacial score (nSPS) is 14.7. The molecule has 0 saturated heterocycles. The number of nitrogens with zero attached hydrogens (tertiary/aromatic N) is 1. The molecular formula is C6H8F3N3. The molecule has 12 heavy (non-hydrogen) atoms. The predicted octanol–water partition coefficient (Wildman–Crippen LogP) is 0.842. The van der Waals surface area contributed by atoms with E-state index in [9.17, 15) is 13.2 Å². The number of rotatable bonds is 2. The van der Waals surface area contributed by atoms with Gasteiger partial charge in [0, 0.05) is 18.3 Å². The van der Waals surface area contributed by atoms with Gasteiger partial charge >= 0.3 is 6.18 Å². The number of aromatic nitrogens is 2. The smallest absolute Gasteiger partial charge is 0.348 e. The molecule has 1 rings (SSSR count). The van der Waals surface area contributed by atoms with Crippen LogP contribution in [-0.4, -0.2) is 22.2 Å². The molecule has 68 valence electrons. The summed E-state index contributed by atoms with van der Waals surface area (Å²) in [5.41, 5.74) is 5.26. The van der Waals surface area contributed by atoms with Gasteiger partial charge in [0.1, 0.15) is 6.04 Å². The first kappa shape index (κ1) is 9.05. The van der Waals surface area contributed by atoms with E-state index in [2.05, 4.69) is 9.97 Å². The third-order valence-corrected chi connectivity index (χ3v) is 1.42. The molecule has 1 heterocycles. The van der Waals surface area contributed by atoms with Gasteiger partial charge in [0.15, 0.2) is 0 Å². The van der Waals surface area contributed by atoms with Gasteiger partial charge in [0.2, 0.25) is 0 Å². The Labute approximate surface area is 66.8 Å². The van der Waals surface area contributed by atoms with Crippen LogP contribution in [0.15, 0.2) is 12.5 Å². The molecule has 1 aromatic heterocycles. The molecule has 0 aromatic carbocycles. The largest absolute Gasteiger partial charge is 0.404 e. The summed E-state index contributed by atoms with van der Waals surface area (Å²) in [6.45, 7) is 0. The molecule has 0 aliphatic rings. The Bertz CT molecular complexity index is 229. The fourth-order valence-electron chi connectivity index (χ4n) is 0.749. The van der Waals surface area contributed by atoms with Gasteiger partial charge < -0.3 is 10.7 Å². The van der Waals surface area contributed by atoms with Gasteiger partial charge in [-0.25, -0.2) is 4.98 Å². The highest BCUT2D eigenvalue weighted by molar-refractivity contribution is 4.98. The van der Waals surface area contributed by atoms with Crippen molar-refractivity contribution in [3.63, 3.8) is 0 Å². The molecule has 0 fully saturated rings. The van der Waals surface area contributed by atoms with Crippen LogP contribution in [0.3, 0.4) is 0 Å². The molecule has 0 aliphatic carbocycles. The van der Waals surface area contributed by atoms with E-state index in [1.807, 2.05) is 0 Å². The Morgan fingerprint density at radius 3 is 2.67 bits per heavy atom. The number of imidazole rings is 1. The van der Waals surface area contributed by atoms with E-state index in [0.29, 0.717) is 5.69 Å². The summed E-state index contributed by atoms with van der Waals surface area (Å²) in [5, 5.41) is 0. The van der Waals surface area contributed by atoms with Crippen LogP contribution in [0.2, 0.25) is 0 Å². The summed E-state index contributed by atoms with van der Waals surface area (Å²) in [6.07, 6.45) is -1.96. The van der Waals surface area contributed by atoms with Crippen molar-refractivity contribution in [1.29, 1.82) is 0 Å². The van der Waals surface area contributed by atoms with Gasteiger partial charge in [-0.1, -0.05) is 0 Å². The molecule has 3 N–H and O–H groups in total. The summed E-state index contributed by atoms with van der Waals surface area (Å²) in [7, 11) is 0. The molecule has 1 aromatic rings. The van der Waals surface area contributed by atoms with Gasteiger partial charge in [0.05, 0.1) is 6.33 Å². The van der Waals surface area contributed by atoms with Gasteiger partial charge in [0.25, 0.3) is 0 Å². The van der Waals surface area contributed by atoms with E-state index < -0.39 is 12.2 Å². The third-order valence-electron chi connectivity index (χ3n) is 1.42. The molecule has 0 unspecified atom stereocenters. The fraction of sp³-hybridized carbons (Fsp3) is 0.500. The van der Waals surface area contributed by atoms with Gasteiger partial charge in [-0.2, -0.15) is 13.2 Å². The van der Waals surface area contributed by atoms with Crippen LogP contribution in [-0.2, 0) is 6.42 Å². The van der Waals surface area contributed by atoms with Crippen molar-refractivity contribution in [1.82, 2.24) is 9.97 Å². The number of hydrogen-bond donors (Lipinski definition) is 2. The van der Waals surface area contributed by atoms with E-state index in [-0.39, 0.29) is 6.42 Å². The van der Waals surface area contributed by atoms with E-state index in [1.165, 1.54) is 12.5 Å². The Morgan fingerprint density at radius 2 is 2.25 bits per heavy atom. The Kier molecular flexibility index (Phi) is 2.37. The second-order valence-corrected chi connectivity index (χ2v) is 2.43. The highest BCUT2D eigenvalue weighted by Crippen LogP contribution is 2.20. The minimum atomic E-state index is -4.34. The van der Waals surface area contributed by atoms with Crippen LogP contribution in [0.4, 0.5) is 13.2 Å². The van der Waals surface area contributed by atoms with Crippen molar-refractivity contribution >= 4 is 0 Å². The zero-order valence-corrected chi connectivity index (χ0v) is 6.10. The maximum Gasteiger partial charge on any atom is 0.404 e. The lowest BCUT2D eigenvalue weighted by molar-refractivity contribution is -0.147. The standard InChI is InChI=1S/C6H8F3N3/c7-6(8,9)5(10)1-4-2-11-3-12-4/h2-3,5H,1,10H2,(H,11,12)/t5-/m0/s1. The molecule has 0 saturated carbocycles. The monoisotopic (exact) mass is 179 g/mol. The van der Waals surface area contributed by atoms with Crippen molar-refractivity contribution in [2.45, 2.75) is 18.6 Å². The summed E-state index contributed by atoms with van der Waals surface area (Å²) in [6, 6.07) is -1.82. The van der Waals surface area contributed by atoms with Crippen molar-refractivity contribution in [2.24, 2.45) is 5.73 Å². The lowest BCUT2D eigenvalue weighted by Gasteiger charge is -2.13. The Hall–Kier alpha value is -1.04. The molecule has 0 aliphatic heterocycles. The molecule has 0 radical (unpaired) electrons. The molecule has 3 nitrogen and oxygen atoms in total. The molecule has 6 heteroatoms. The minimum absolute atomic E-state index is 0.260. The zero-order chi connectivity index (χ0) is 9.19. The SMILES string of the molecule is N[C@@H](Cc1cnc[nH]1)C(F)(F)F. The van der Waals surface area contributed by atoms with Crippen molar-refractivity contribution in [3.8, 4) is 0 Å². The van der Waals surface area contributed by atoms with Crippen LogP contribution in [0.25, 0.3) is 0 Å². The first-order valence-corrected chi connectivity index (χ1v) is 3.29. The average Bonchev–Trinajstić information content (AvgIpc) is 2.37. The number of halogens is 3. The van der Waals surface area contributed by atoms with E-state index >= 15 is 0 Å². The van der Waals surface area contributed by atoms with Gasteiger partial charge in [-0.05, 0) is 0 Å². The molecular weight excluding hydrogens is 171 g/mol. The number of alkyl halides is 3. The third kappa shape index (κ3) is 2.23. The van der Waals surface area contributed by atoms with Crippen molar-refractivity contribution in [3.05, 3.63) is 18.2 Å². The molecule has 0 amide bonds. The maximum atomic E-state index is 11.9. The number of H-pyrrole nitrogens is 1. The van der Waals surface area contributed by atoms with E-state index in [1.54, 1.807) is 0 Å². The lowest BCUT2D eigenvalue weighted by atomic mass is 10.2. The average molecular weight is 179 g/mol. The number of nitrogens with one attached hydrogen (secondary N) is 1. The first-order chi connectivity index (χ1) is 5.50. The van der Waals surface area contributed by atoms with Crippen LogP contribution < -0.4 is 5.73 Å². The van der Waals surface area contributed by atoms with Crippen molar-refractivity contribution < 1.29 is 13.2 Å². The van der Waals surface area contributed by atoms with Crippen LogP contribution >= 0.6 is 0 Å². The highest BCUT2D eigenvalue weighted by atomic mass is 19.4. The topological polar surface area (TPSA) is 54.7 Å². The predicted molar refractivity (Wildman–Crippen MR) is 36.3 cm³/mol. The summed E-state index contributed by atoms with van der Waals surface area (Å²) < 4.78 is 35.6. The van der Waals surface area contributed by atoms with Crippen molar-refractivity contribution in [2.75, 3.05) is 0 Å². The number of nitrogens with two attached hydrogens (primary N) is 1. The van der Waals surface area contributed by atoms with E-state index in [4.69, 9.17) is 5.73 Å². The molecule has 0 spiro atoms. The zero-order valence-electron chi connectivity index (χ0n) is 6.10. The van der Waals surface area contributed by atoms with E-state index in [0.717, 1.165) is 0 Å². The summed E-state index contributed by atoms with van der Waals surface area (Å²) in [5.74, 6) is 0. The van der Waals surface area contributed by atoms with Crippen LogP contribution in [0, 0.1) is 0 Å². The van der Waals surface area contributed by atoms with Crippen LogP contribution in [0.5, 0.6) is 0 Å². The number of aromatic amines is 1. The molecule has 1 atom stereocenters. The van der Waals surface area contributed by atoms with Gasteiger partial charge in [-0.3, -0.25) is 0 Å². The Morgan fingerprint density at radius 1 is 1.58 bits per heavy atom. The maximum absolute atomic E-state index is 11.9. The summed E-state index contributed by atoms with van der Waals surface area (Å²) in [4.78, 5) is 6.13. The number of hydrogen-bond acceptors (Lipinski definition) is 2. The molecule has 0 bridgehead atoms.